The van der Waals surface area contributed by atoms with Gasteiger partial charge in [-0.15, -0.1) is 0 Å². The molecule has 2 aromatic rings. The molecule has 0 aromatic heterocycles. The van der Waals surface area contributed by atoms with E-state index in [-0.39, 0.29) is 11.9 Å². The van der Waals surface area contributed by atoms with Crippen LogP contribution in [0.3, 0.4) is 0 Å². The Labute approximate surface area is 207 Å². The van der Waals surface area contributed by atoms with Crippen LogP contribution in [0.4, 0.5) is 0 Å². The zero-order valence-corrected chi connectivity index (χ0v) is 21.0. The molecular weight excluding hydrogens is 466 g/mol. The average molecular weight is 500 g/mol. The summed E-state index contributed by atoms with van der Waals surface area (Å²) in [6.45, 7) is 5.89. The van der Waals surface area contributed by atoms with Crippen molar-refractivity contribution >= 4 is 15.9 Å². The van der Waals surface area contributed by atoms with E-state index in [1.807, 2.05) is 25.1 Å². The van der Waals surface area contributed by atoms with Gasteiger partial charge in [0.2, 0.25) is 15.9 Å². The summed E-state index contributed by atoms with van der Waals surface area (Å²) in [6.07, 6.45) is 2.90. The second kappa shape index (κ2) is 10.2. The summed E-state index contributed by atoms with van der Waals surface area (Å²) in [6, 6.07) is 13.2. The Morgan fingerprint density at radius 1 is 0.914 bits per heavy atom. The lowest BCUT2D eigenvalue weighted by atomic mass is 10.0. The van der Waals surface area contributed by atoms with E-state index in [9.17, 15) is 13.2 Å². The molecule has 0 radical (unpaired) electrons. The van der Waals surface area contributed by atoms with Gasteiger partial charge in [-0.05, 0) is 56.1 Å². The van der Waals surface area contributed by atoms with Gasteiger partial charge in [0.15, 0.2) is 11.5 Å². The number of likely N-dealkylation sites (tertiary alicyclic amines) is 1. The predicted octanol–water partition coefficient (Wildman–Crippen LogP) is 2.83. The highest BCUT2D eigenvalue weighted by molar-refractivity contribution is 7.89. The van der Waals surface area contributed by atoms with Gasteiger partial charge in [-0.2, -0.15) is 4.31 Å². The molecule has 0 saturated carbocycles. The Morgan fingerprint density at radius 2 is 1.63 bits per heavy atom. The Balaban J connectivity index is 1.19. The Hall–Kier alpha value is -2.62. The van der Waals surface area contributed by atoms with Crippen molar-refractivity contribution in [3.05, 3.63) is 53.6 Å². The molecule has 0 aliphatic carbocycles. The molecule has 35 heavy (non-hydrogen) atoms. The van der Waals surface area contributed by atoms with Gasteiger partial charge in [-0.3, -0.25) is 9.69 Å². The van der Waals surface area contributed by atoms with E-state index in [1.54, 1.807) is 17.0 Å². The van der Waals surface area contributed by atoms with Crippen LogP contribution in [0.25, 0.3) is 0 Å². The van der Waals surface area contributed by atoms with Crippen LogP contribution in [0.15, 0.2) is 47.4 Å². The minimum atomic E-state index is -3.54. The van der Waals surface area contributed by atoms with E-state index >= 15 is 0 Å². The smallest absolute Gasteiger partial charge is 0.243 e. The molecule has 0 N–H and O–H groups in total. The number of benzene rings is 2. The molecule has 3 heterocycles. The van der Waals surface area contributed by atoms with E-state index in [0.717, 1.165) is 48.4 Å². The van der Waals surface area contributed by atoms with Crippen molar-refractivity contribution in [3.8, 4) is 11.5 Å². The standard InChI is InChI=1S/C26H33N3O5S/c1-20-5-8-22(9-6-20)35(31,32)29-14-12-27(13-15-29)26(30)19-28-11-2-4-23(28)21-7-10-24-25(18-21)34-17-3-16-33-24/h5-10,18,23H,2-4,11-17,19H2,1H3/t23-/m1/s1. The van der Waals surface area contributed by atoms with E-state index in [0.29, 0.717) is 50.8 Å². The van der Waals surface area contributed by atoms with Gasteiger partial charge in [0.25, 0.3) is 0 Å². The molecule has 3 aliphatic heterocycles. The number of nitrogens with zero attached hydrogens (tertiary/aromatic N) is 3. The summed E-state index contributed by atoms with van der Waals surface area (Å²) in [5, 5.41) is 0. The SMILES string of the molecule is Cc1ccc(S(=O)(=O)N2CCN(C(=O)CN3CCC[C@@H]3c3ccc4c(c3)OCCCO4)CC2)cc1. The number of rotatable bonds is 5. The molecular formula is C26H33N3O5S. The number of sulfonamides is 1. The molecule has 2 fully saturated rings. The molecule has 5 rings (SSSR count). The largest absolute Gasteiger partial charge is 0.490 e. The predicted molar refractivity (Wildman–Crippen MR) is 132 cm³/mol. The number of hydrogen-bond donors (Lipinski definition) is 0. The molecule has 1 amide bonds. The van der Waals surface area contributed by atoms with E-state index in [1.165, 1.54) is 4.31 Å². The first-order valence-electron chi connectivity index (χ1n) is 12.4. The lowest BCUT2D eigenvalue weighted by Gasteiger charge is -2.35. The van der Waals surface area contributed by atoms with Crippen LogP contribution >= 0.6 is 0 Å². The summed E-state index contributed by atoms with van der Waals surface area (Å²) < 4.78 is 39.0. The van der Waals surface area contributed by atoms with Crippen molar-refractivity contribution < 1.29 is 22.7 Å². The molecule has 2 aromatic carbocycles. The quantitative estimate of drug-likeness (QED) is 0.630. The number of amides is 1. The van der Waals surface area contributed by atoms with Crippen LogP contribution in [0.1, 0.15) is 36.4 Å². The number of carbonyl (C=O) groups is 1. The first kappa shape index (κ1) is 24.1. The van der Waals surface area contributed by atoms with Crippen molar-refractivity contribution in [2.24, 2.45) is 0 Å². The maximum atomic E-state index is 13.1. The van der Waals surface area contributed by atoms with Gasteiger partial charge in [0, 0.05) is 38.6 Å². The van der Waals surface area contributed by atoms with Gasteiger partial charge in [0.05, 0.1) is 24.7 Å². The Kier molecular flexibility index (Phi) is 7.00. The van der Waals surface area contributed by atoms with Crippen LogP contribution in [0, 0.1) is 6.92 Å². The number of piperazine rings is 1. The zero-order valence-electron chi connectivity index (χ0n) is 20.2. The number of fused-ring (bicyclic) bond motifs is 1. The van der Waals surface area contributed by atoms with Crippen molar-refractivity contribution in [1.29, 1.82) is 0 Å². The second-order valence-corrected chi connectivity index (χ2v) is 11.4. The van der Waals surface area contributed by atoms with Crippen LogP contribution in [-0.4, -0.2) is 80.9 Å². The molecule has 9 heteroatoms. The van der Waals surface area contributed by atoms with Gasteiger partial charge < -0.3 is 14.4 Å². The fourth-order valence-corrected chi connectivity index (χ4v) is 6.51. The van der Waals surface area contributed by atoms with Gasteiger partial charge in [-0.1, -0.05) is 23.8 Å². The number of carbonyl (C=O) groups excluding carboxylic acids is 1. The van der Waals surface area contributed by atoms with Crippen LogP contribution in [0.2, 0.25) is 0 Å². The third kappa shape index (κ3) is 5.17. The maximum absolute atomic E-state index is 13.1. The van der Waals surface area contributed by atoms with E-state index in [4.69, 9.17) is 9.47 Å². The number of aryl methyl sites for hydroxylation is 1. The summed E-state index contributed by atoms with van der Waals surface area (Å²) in [5.74, 6) is 1.62. The molecule has 188 valence electrons. The zero-order chi connectivity index (χ0) is 24.4. The molecule has 0 spiro atoms. The molecule has 0 unspecified atom stereocenters. The van der Waals surface area contributed by atoms with E-state index < -0.39 is 10.0 Å². The van der Waals surface area contributed by atoms with Crippen LogP contribution < -0.4 is 9.47 Å². The van der Waals surface area contributed by atoms with Crippen molar-refractivity contribution in [2.75, 3.05) is 52.5 Å². The monoisotopic (exact) mass is 499 g/mol. The maximum Gasteiger partial charge on any atom is 0.243 e. The summed E-state index contributed by atoms with van der Waals surface area (Å²) in [5.41, 5.74) is 2.17. The highest BCUT2D eigenvalue weighted by Gasteiger charge is 2.33. The fraction of sp³-hybridized carbons (Fsp3) is 0.500. The van der Waals surface area contributed by atoms with Gasteiger partial charge in [-0.25, -0.2) is 8.42 Å². The minimum Gasteiger partial charge on any atom is -0.490 e. The molecule has 3 aliphatic rings. The molecule has 2 saturated heterocycles. The summed E-state index contributed by atoms with van der Waals surface area (Å²) in [7, 11) is -3.54. The first-order chi connectivity index (χ1) is 16.9. The topological polar surface area (TPSA) is 79.4 Å². The van der Waals surface area contributed by atoms with Crippen molar-refractivity contribution in [2.45, 2.75) is 37.1 Å². The molecule has 0 bridgehead atoms. The Morgan fingerprint density at radius 3 is 2.37 bits per heavy atom. The highest BCUT2D eigenvalue weighted by atomic mass is 32.2. The van der Waals surface area contributed by atoms with Crippen molar-refractivity contribution in [1.82, 2.24) is 14.1 Å². The van der Waals surface area contributed by atoms with Gasteiger partial charge >= 0.3 is 0 Å². The molecule has 8 nitrogen and oxygen atoms in total. The summed E-state index contributed by atoms with van der Waals surface area (Å²) in [4.78, 5) is 17.5. The normalized spacial score (nSPS) is 21.6. The third-order valence-electron chi connectivity index (χ3n) is 7.11. The lowest BCUT2D eigenvalue weighted by Crippen LogP contribution is -2.52. The second-order valence-electron chi connectivity index (χ2n) is 9.48. The lowest BCUT2D eigenvalue weighted by molar-refractivity contribution is -0.133. The first-order valence-corrected chi connectivity index (χ1v) is 13.8. The number of ether oxygens (including phenoxy) is 2. The average Bonchev–Trinajstić information content (AvgIpc) is 3.19. The van der Waals surface area contributed by atoms with Crippen molar-refractivity contribution in [3.63, 3.8) is 0 Å². The van der Waals surface area contributed by atoms with Crippen LogP contribution in [0.5, 0.6) is 11.5 Å². The minimum absolute atomic E-state index is 0.0543. The highest BCUT2D eigenvalue weighted by Crippen LogP contribution is 2.37. The number of hydrogen-bond acceptors (Lipinski definition) is 6. The third-order valence-corrected chi connectivity index (χ3v) is 9.02. The van der Waals surface area contributed by atoms with Crippen LogP contribution in [-0.2, 0) is 14.8 Å². The fourth-order valence-electron chi connectivity index (χ4n) is 5.09. The summed E-state index contributed by atoms with van der Waals surface area (Å²) >= 11 is 0. The van der Waals surface area contributed by atoms with Gasteiger partial charge in [0.1, 0.15) is 0 Å². The molecule has 1 atom stereocenters. The Bertz CT molecular complexity index is 1160. The van der Waals surface area contributed by atoms with E-state index in [2.05, 4.69) is 17.0 Å².